The number of hydrogen-bond donors (Lipinski definition) is 0. The Bertz CT molecular complexity index is 1070. The van der Waals surface area contributed by atoms with E-state index in [2.05, 4.69) is 88.4 Å². The lowest BCUT2D eigenvalue weighted by atomic mass is 9.96. The molecule has 2 aromatic rings. The van der Waals surface area contributed by atoms with Crippen molar-refractivity contribution in [1.82, 2.24) is 0 Å². The number of ether oxygens (including phenoxy) is 3. The maximum Gasteiger partial charge on any atom is 0.330 e. The molecule has 2 aromatic carbocycles. The number of benzene rings is 2. The minimum absolute atomic E-state index is 0.0136. The van der Waals surface area contributed by atoms with Gasteiger partial charge >= 0.3 is 5.97 Å². The maximum atomic E-state index is 11.8. The van der Waals surface area contributed by atoms with E-state index < -0.39 is 14.1 Å². The van der Waals surface area contributed by atoms with Crippen LogP contribution in [0.4, 0.5) is 0 Å². The molecular formula is C34H48O5Si. The molecule has 2 aliphatic rings. The second-order valence-electron chi connectivity index (χ2n) is 12.8. The fourth-order valence-corrected chi connectivity index (χ4v) is 11.2. The summed E-state index contributed by atoms with van der Waals surface area (Å²) < 4.78 is 25.7. The van der Waals surface area contributed by atoms with Gasteiger partial charge in [-0.25, -0.2) is 4.79 Å². The number of esters is 1. The monoisotopic (exact) mass is 564 g/mol. The lowest BCUT2D eigenvalue weighted by Crippen LogP contribution is -2.67. The topological polar surface area (TPSA) is 54.0 Å². The zero-order valence-corrected chi connectivity index (χ0v) is 26.2. The summed E-state index contributed by atoms with van der Waals surface area (Å²) in [6.45, 7) is 13.2. The molecule has 4 atom stereocenters. The number of carbonyl (C=O) groups is 1. The zero-order valence-electron chi connectivity index (χ0n) is 25.2. The summed E-state index contributed by atoms with van der Waals surface area (Å²) in [7, 11) is -2.63. The molecule has 0 radical (unpaired) electrons. The maximum absolute atomic E-state index is 11.8. The van der Waals surface area contributed by atoms with Crippen LogP contribution in [0.1, 0.15) is 86.5 Å². The van der Waals surface area contributed by atoms with Crippen LogP contribution in [0, 0.1) is 0 Å². The number of cyclic esters (lactones) is 1. The van der Waals surface area contributed by atoms with E-state index in [1.807, 2.05) is 19.9 Å². The molecule has 1 fully saturated rings. The van der Waals surface area contributed by atoms with Gasteiger partial charge in [-0.05, 0) is 48.5 Å². The van der Waals surface area contributed by atoms with Crippen molar-refractivity contribution in [3.8, 4) is 0 Å². The molecule has 0 amide bonds. The van der Waals surface area contributed by atoms with E-state index in [1.165, 1.54) is 16.4 Å². The predicted molar refractivity (Wildman–Crippen MR) is 163 cm³/mol. The predicted octanol–water partition coefficient (Wildman–Crippen LogP) is 6.68. The first kappa shape index (κ1) is 30.7. The van der Waals surface area contributed by atoms with Crippen LogP contribution in [0.2, 0.25) is 5.04 Å². The molecular weight excluding hydrogens is 516 g/mol. The molecule has 40 heavy (non-hydrogen) atoms. The molecule has 2 aliphatic heterocycles. The summed E-state index contributed by atoms with van der Waals surface area (Å²) in [6.07, 6.45) is 9.55. The Morgan fingerprint density at radius 1 is 0.925 bits per heavy atom. The Balaban J connectivity index is 1.53. The van der Waals surface area contributed by atoms with Gasteiger partial charge in [0.2, 0.25) is 0 Å². The smallest absolute Gasteiger partial charge is 0.330 e. The van der Waals surface area contributed by atoms with Crippen LogP contribution in [-0.2, 0) is 23.4 Å². The molecule has 4 rings (SSSR count). The molecule has 0 spiro atoms. The van der Waals surface area contributed by atoms with E-state index in [0.29, 0.717) is 6.42 Å². The molecule has 0 N–H and O–H groups in total. The van der Waals surface area contributed by atoms with Gasteiger partial charge in [-0.1, -0.05) is 101 Å². The van der Waals surface area contributed by atoms with Gasteiger partial charge < -0.3 is 18.6 Å². The van der Waals surface area contributed by atoms with Crippen molar-refractivity contribution >= 4 is 24.7 Å². The van der Waals surface area contributed by atoms with Gasteiger partial charge in [0.25, 0.3) is 8.32 Å². The first-order valence-corrected chi connectivity index (χ1v) is 16.9. The van der Waals surface area contributed by atoms with Gasteiger partial charge in [0, 0.05) is 31.4 Å². The van der Waals surface area contributed by atoms with Gasteiger partial charge in [-0.15, -0.1) is 0 Å². The Kier molecular flexibility index (Phi) is 10.1. The minimum Gasteiger partial charge on any atom is -0.459 e. The van der Waals surface area contributed by atoms with Crippen molar-refractivity contribution in [2.24, 2.45) is 0 Å². The van der Waals surface area contributed by atoms with E-state index in [9.17, 15) is 4.79 Å². The lowest BCUT2D eigenvalue weighted by molar-refractivity contribution is -0.304. The molecule has 5 nitrogen and oxygen atoms in total. The number of carbonyl (C=O) groups excluding carboxylic acids is 1. The van der Waals surface area contributed by atoms with Crippen molar-refractivity contribution in [3.05, 3.63) is 72.8 Å². The summed E-state index contributed by atoms with van der Waals surface area (Å²) in [5.41, 5.74) is 0. The fraction of sp³-hybridized carbons (Fsp3) is 0.559. The van der Waals surface area contributed by atoms with E-state index in [0.717, 1.165) is 38.5 Å². The summed E-state index contributed by atoms with van der Waals surface area (Å²) >= 11 is 0. The third-order valence-corrected chi connectivity index (χ3v) is 13.2. The average Bonchev–Trinajstić information content (AvgIpc) is 2.90. The van der Waals surface area contributed by atoms with Crippen molar-refractivity contribution < 1.29 is 23.4 Å². The SMILES string of the molecule is CCC[C@@H](CC[C@H]1C[C@@H](C[C@H]2CC=CC(=O)O2)OC(C)(C)O1)O[Si](c1ccccc1)(c1ccccc1)C(C)(C)C. The highest BCUT2D eigenvalue weighted by Crippen LogP contribution is 2.39. The van der Waals surface area contributed by atoms with Crippen LogP contribution in [0.25, 0.3) is 0 Å². The lowest BCUT2D eigenvalue weighted by Gasteiger charge is -2.46. The van der Waals surface area contributed by atoms with E-state index in [4.69, 9.17) is 18.6 Å². The molecule has 6 heteroatoms. The van der Waals surface area contributed by atoms with Crippen LogP contribution in [0.15, 0.2) is 72.8 Å². The van der Waals surface area contributed by atoms with Gasteiger partial charge in [0.15, 0.2) is 5.79 Å². The van der Waals surface area contributed by atoms with Crippen LogP contribution in [-0.4, -0.2) is 44.5 Å². The Labute approximate surface area is 242 Å². The molecule has 0 saturated carbocycles. The van der Waals surface area contributed by atoms with Gasteiger partial charge in [0.1, 0.15) is 6.10 Å². The minimum atomic E-state index is -2.63. The Morgan fingerprint density at radius 3 is 2.08 bits per heavy atom. The normalized spacial score (nSPS) is 23.9. The van der Waals surface area contributed by atoms with Gasteiger partial charge in [-0.2, -0.15) is 0 Å². The quantitative estimate of drug-likeness (QED) is 0.225. The molecule has 0 bridgehead atoms. The third-order valence-electron chi connectivity index (χ3n) is 8.07. The summed E-state index contributed by atoms with van der Waals surface area (Å²) in [6, 6.07) is 21.8. The van der Waals surface area contributed by atoms with Crippen molar-refractivity contribution in [2.75, 3.05) is 0 Å². The third kappa shape index (κ3) is 7.52. The first-order chi connectivity index (χ1) is 19.0. The van der Waals surface area contributed by atoms with Crippen molar-refractivity contribution in [2.45, 2.75) is 122 Å². The summed E-state index contributed by atoms with van der Waals surface area (Å²) in [5.74, 6) is -0.941. The van der Waals surface area contributed by atoms with Gasteiger partial charge in [-0.3, -0.25) is 0 Å². The highest BCUT2D eigenvalue weighted by molar-refractivity contribution is 6.99. The first-order valence-electron chi connectivity index (χ1n) is 15.0. The largest absolute Gasteiger partial charge is 0.459 e. The highest BCUT2D eigenvalue weighted by Gasteiger charge is 2.51. The van der Waals surface area contributed by atoms with Crippen LogP contribution in [0.3, 0.4) is 0 Å². The van der Waals surface area contributed by atoms with Gasteiger partial charge in [0.05, 0.1) is 12.2 Å². The molecule has 218 valence electrons. The second kappa shape index (κ2) is 13.2. The second-order valence-corrected chi connectivity index (χ2v) is 17.1. The zero-order chi connectivity index (χ0) is 28.8. The van der Waals surface area contributed by atoms with E-state index in [-0.39, 0.29) is 35.4 Å². The van der Waals surface area contributed by atoms with Crippen LogP contribution >= 0.6 is 0 Å². The van der Waals surface area contributed by atoms with Crippen LogP contribution < -0.4 is 10.4 Å². The molecule has 0 unspecified atom stereocenters. The van der Waals surface area contributed by atoms with E-state index >= 15 is 0 Å². The number of hydrogen-bond acceptors (Lipinski definition) is 5. The molecule has 0 aromatic heterocycles. The van der Waals surface area contributed by atoms with Crippen molar-refractivity contribution in [1.29, 1.82) is 0 Å². The fourth-order valence-electron chi connectivity index (χ4n) is 6.44. The Morgan fingerprint density at radius 2 is 1.52 bits per heavy atom. The summed E-state index contributed by atoms with van der Waals surface area (Å²) in [4.78, 5) is 11.8. The highest BCUT2D eigenvalue weighted by atomic mass is 28.4. The molecule has 2 heterocycles. The van der Waals surface area contributed by atoms with Crippen molar-refractivity contribution in [3.63, 3.8) is 0 Å². The van der Waals surface area contributed by atoms with Crippen LogP contribution in [0.5, 0.6) is 0 Å². The standard InChI is InChI=1S/C34H48O5Si/c1-7-15-26(22-23-28-25-29(38-34(5,6)37-28)24-27-16-14-21-32(35)36-27)39-40(33(2,3)4,30-17-10-8-11-18-30)31-19-12-9-13-20-31/h8-14,17-21,26-29H,7,15-16,22-25H2,1-6H3/t26-,27+,28-,29+/m0/s1. The summed E-state index contributed by atoms with van der Waals surface area (Å²) in [5, 5.41) is 2.57. The average molecular weight is 565 g/mol. The number of rotatable bonds is 11. The Hall–Kier alpha value is -2.25. The van der Waals surface area contributed by atoms with E-state index in [1.54, 1.807) is 0 Å². The molecule has 1 saturated heterocycles. The molecule has 0 aliphatic carbocycles.